The molecule has 102 valence electrons. The molecule has 3 atom stereocenters. The molecule has 0 radical (unpaired) electrons. The van der Waals surface area contributed by atoms with E-state index >= 15 is 0 Å². The normalized spacial score (nSPS) is 30.2. The average molecular weight is 260 g/mol. The molecule has 4 nitrogen and oxygen atoms in total. The van der Waals surface area contributed by atoms with Gasteiger partial charge < -0.3 is 10.0 Å². The number of rotatable bonds is 2. The summed E-state index contributed by atoms with van der Waals surface area (Å²) in [5.41, 5.74) is 1.11. The van der Waals surface area contributed by atoms with E-state index in [9.17, 15) is 9.90 Å². The summed E-state index contributed by atoms with van der Waals surface area (Å²) < 4.78 is 0. The van der Waals surface area contributed by atoms with Crippen molar-refractivity contribution in [3.8, 4) is 0 Å². The molecule has 0 amide bonds. The largest absolute Gasteiger partial charge is 0.480 e. The van der Waals surface area contributed by atoms with Crippen LogP contribution in [0.4, 0.5) is 5.82 Å². The fourth-order valence-corrected chi connectivity index (χ4v) is 3.62. The van der Waals surface area contributed by atoms with E-state index in [1.807, 2.05) is 25.3 Å². The third kappa shape index (κ3) is 2.20. The lowest BCUT2D eigenvalue weighted by atomic mass is 9.85. The summed E-state index contributed by atoms with van der Waals surface area (Å²) in [4.78, 5) is 18.0. The molecule has 0 spiro atoms. The van der Waals surface area contributed by atoms with Gasteiger partial charge in [0.15, 0.2) is 0 Å². The maximum Gasteiger partial charge on any atom is 0.326 e. The topological polar surface area (TPSA) is 53.4 Å². The number of carbonyl (C=O) groups is 1. The van der Waals surface area contributed by atoms with Crippen LogP contribution in [0.2, 0.25) is 0 Å². The lowest BCUT2D eigenvalue weighted by Gasteiger charge is -2.33. The number of aromatic nitrogens is 1. The van der Waals surface area contributed by atoms with E-state index in [0.29, 0.717) is 12.0 Å². The van der Waals surface area contributed by atoms with Crippen LogP contribution in [0.1, 0.15) is 37.7 Å². The minimum Gasteiger partial charge on any atom is -0.480 e. The smallest absolute Gasteiger partial charge is 0.326 e. The zero-order chi connectivity index (χ0) is 13.4. The van der Waals surface area contributed by atoms with Crippen LogP contribution in [0.25, 0.3) is 0 Å². The second-order valence-corrected chi connectivity index (χ2v) is 5.80. The van der Waals surface area contributed by atoms with Gasteiger partial charge in [0.1, 0.15) is 11.9 Å². The molecule has 1 aromatic rings. The first kappa shape index (κ1) is 12.5. The second-order valence-electron chi connectivity index (χ2n) is 5.80. The standard InChI is InChI=1S/C15H20N2O2/c1-10-6-7-14(16-9-10)17-12-5-3-2-4-11(12)8-13(17)15(18)19/h6-7,9,11-13H,2-5,8H2,1H3,(H,18,19). The van der Waals surface area contributed by atoms with Gasteiger partial charge in [-0.15, -0.1) is 0 Å². The lowest BCUT2D eigenvalue weighted by molar-refractivity contribution is -0.138. The molecule has 1 saturated heterocycles. The molecule has 4 heteroatoms. The van der Waals surface area contributed by atoms with Crippen molar-refractivity contribution in [2.45, 2.75) is 51.1 Å². The number of aryl methyl sites for hydroxylation is 1. The third-order valence-electron chi connectivity index (χ3n) is 4.53. The van der Waals surface area contributed by atoms with E-state index in [1.54, 1.807) is 0 Å². The maximum absolute atomic E-state index is 11.5. The molecule has 2 aliphatic rings. The van der Waals surface area contributed by atoms with Gasteiger partial charge in [0.2, 0.25) is 0 Å². The van der Waals surface area contributed by atoms with Crippen LogP contribution in [-0.2, 0) is 4.79 Å². The van der Waals surface area contributed by atoms with Gasteiger partial charge in [0, 0.05) is 12.2 Å². The number of aliphatic carboxylic acids is 1. The maximum atomic E-state index is 11.5. The van der Waals surface area contributed by atoms with Gasteiger partial charge in [-0.25, -0.2) is 9.78 Å². The molecule has 1 aliphatic carbocycles. The number of carboxylic acids is 1. The van der Waals surface area contributed by atoms with Gasteiger partial charge in [-0.1, -0.05) is 18.9 Å². The van der Waals surface area contributed by atoms with E-state index in [0.717, 1.165) is 30.6 Å². The fourth-order valence-electron chi connectivity index (χ4n) is 3.62. The Bertz CT molecular complexity index is 472. The summed E-state index contributed by atoms with van der Waals surface area (Å²) in [6, 6.07) is 3.94. The van der Waals surface area contributed by atoms with Crippen molar-refractivity contribution in [1.29, 1.82) is 0 Å². The minimum atomic E-state index is -0.711. The highest BCUT2D eigenvalue weighted by Crippen LogP contribution is 2.41. The van der Waals surface area contributed by atoms with Crippen LogP contribution < -0.4 is 4.90 Å². The van der Waals surface area contributed by atoms with Crippen molar-refractivity contribution in [3.63, 3.8) is 0 Å². The van der Waals surface area contributed by atoms with Gasteiger partial charge in [-0.05, 0) is 43.7 Å². The van der Waals surface area contributed by atoms with Crippen LogP contribution in [0.5, 0.6) is 0 Å². The summed E-state index contributed by atoms with van der Waals surface area (Å²) in [5, 5.41) is 9.48. The Labute approximate surface area is 113 Å². The minimum absolute atomic E-state index is 0.366. The molecule has 2 heterocycles. The van der Waals surface area contributed by atoms with Crippen molar-refractivity contribution in [3.05, 3.63) is 23.9 Å². The number of carboxylic acid groups (broad SMARTS) is 1. The summed E-state index contributed by atoms with van der Waals surface area (Å²) in [5.74, 6) is 0.641. The third-order valence-corrected chi connectivity index (χ3v) is 4.53. The Morgan fingerprint density at radius 1 is 1.37 bits per heavy atom. The van der Waals surface area contributed by atoms with Crippen molar-refractivity contribution in [2.24, 2.45) is 5.92 Å². The fraction of sp³-hybridized carbons (Fsp3) is 0.600. The molecule has 1 N–H and O–H groups in total. The van der Waals surface area contributed by atoms with Crippen molar-refractivity contribution in [2.75, 3.05) is 4.90 Å². The van der Waals surface area contributed by atoms with E-state index < -0.39 is 12.0 Å². The van der Waals surface area contributed by atoms with Gasteiger partial charge >= 0.3 is 5.97 Å². The zero-order valence-electron chi connectivity index (χ0n) is 11.2. The van der Waals surface area contributed by atoms with E-state index in [4.69, 9.17) is 0 Å². The number of hydrogen-bond acceptors (Lipinski definition) is 3. The molecule has 1 aromatic heterocycles. The number of nitrogens with zero attached hydrogens (tertiary/aromatic N) is 2. The molecular weight excluding hydrogens is 240 g/mol. The highest BCUT2D eigenvalue weighted by atomic mass is 16.4. The average Bonchev–Trinajstić information content (AvgIpc) is 2.79. The molecule has 0 aromatic carbocycles. The molecule has 1 saturated carbocycles. The first-order valence-electron chi connectivity index (χ1n) is 7.10. The molecule has 3 rings (SSSR count). The van der Waals surface area contributed by atoms with Crippen LogP contribution in [-0.4, -0.2) is 28.1 Å². The molecular formula is C15H20N2O2. The Hall–Kier alpha value is -1.58. The molecule has 1 aliphatic heterocycles. The van der Waals surface area contributed by atoms with Crippen molar-refractivity contribution in [1.82, 2.24) is 4.98 Å². The van der Waals surface area contributed by atoms with Crippen LogP contribution in [0.3, 0.4) is 0 Å². The van der Waals surface area contributed by atoms with Crippen LogP contribution >= 0.6 is 0 Å². The second kappa shape index (κ2) is 4.83. The number of hydrogen-bond donors (Lipinski definition) is 1. The number of pyridine rings is 1. The van der Waals surface area contributed by atoms with Gasteiger partial charge in [0.25, 0.3) is 0 Å². The summed E-state index contributed by atoms with van der Waals surface area (Å²) in [6.07, 6.45) is 7.30. The summed E-state index contributed by atoms with van der Waals surface area (Å²) >= 11 is 0. The van der Waals surface area contributed by atoms with Crippen molar-refractivity contribution >= 4 is 11.8 Å². The van der Waals surface area contributed by atoms with Gasteiger partial charge in [-0.2, -0.15) is 0 Å². The van der Waals surface area contributed by atoms with E-state index in [2.05, 4.69) is 9.88 Å². The van der Waals surface area contributed by atoms with E-state index in [1.165, 1.54) is 12.8 Å². The Morgan fingerprint density at radius 3 is 2.84 bits per heavy atom. The SMILES string of the molecule is Cc1ccc(N2C(C(=O)O)CC3CCCCC32)nc1. The molecule has 2 fully saturated rings. The Kier molecular flexibility index (Phi) is 3.17. The summed E-state index contributed by atoms with van der Waals surface area (Å²) in [7, 11) is 0. The van der Waals surface area contributed by atoms with Crippen molar-refractivity contribution < 1.29 is 9.90 Å². The highest BCUT2D eigenvalue weighted by molar-refractivity contribution is 5.79. The van der Waals surface area contributed by atoms with Crippen LogP contribution in [0, 0.1) is 12.8 Å². The Morgan fingerprint density at radius 2 is 2.16 bits per heavy atom. The number of anilines is 1. The molecule has 0 bridgehead atoms. The molecule has 3 unspecified atom stereocenters. The summed E-state index contributed by atoms with van der Waals surface area (Å²) in [6.45, 7) is 2.00. The van der Waals surface area contributed by atoms with Gasteiger partial charge in [0.05, 0.1) is 0 Å². The monoisotopic (exact) mass is 260 g/mol. The van der Waals surface area contributed by atoms with Crippen LogP contribution in [0.15, 0.2) is 18.3 Å². The predicted molar refractivity (Wildman–Crippen MR) is 73.2 cm³/mol. The van der Waals surface area contributed by atoms with Gasteiger partial charge in [-0.3, -0.25) is 0 Å². The lowest BCUT2D eigenvalue weighted by Crippen LogP contribution is -2.42. The first-order valence-corrected chi connectivity index (χ1v) is 7.10. The zero-order valence-corrected chi connectivity index (χ0v) is 11.2. The highest BCUT2D eigenvalue weighted by Gasteiger charge is 2.45. The van der Waals surface area contributed by atoms with E-state index in [-0.39, 0.29) is 0 Å². The molecule has 19 heavy (non-hydrogen) atoms. The number of fused-ring (bicyclic) bond motifs is 1. The quantitative estimate of drug-likeness (QED) is 0.888. The predicted octanol–water partition coefficient (Wildman–Crippen LogP) is 2.61. The Balaban J connectivity index is 1.94. The first-order chi connectivity index (χ1) is 9.16.